The van der Waals surface area contributed by atoms with Crippen LogP contribution < -0.4 is 0 Å². The molecule has 2 aliphatic heterocycles. The van der Waals surface area contributed by atoms with E-state index in [-0.39, 0.29) is 18.3 Å². The fraction of sp³-hybridized carbons (Fsp3) is 0.647. The van der Waals surface area contributed by atoms with Crippen molar-refractivity contribution in [2.45, 2.75) is 45.4 Å². The summed E-state index contributed by atoms with van der Waals surface area (Å²) < 4.78 is 17.4. The van der Waals surface area contributed by atoms with Gasteiger partial charge in [-0.25, -0.2) is 0 Å². The molecule has 0 aromatic carbocycles. The van der Waals surface area contributed by atoms with Crippen LogP contribution in [0.15, 0.2) is 18.1 Å². The smallest absolute Gasteiger partial charge is 0.400 e. The van der Waals surface area contributed by atoms with Gasteiger partial charge in [0.2, 0.25) is 0 Å². The quantitative estimate of drug-likeness (QED) is 0.791. The van der Waals surface area contributed by atoms with Crippen molar-refractivity contribution in [3.63, 3.8) is 0 Å². The third-order valence-electron chi connectivity index (χ3n) is 4.85. The zero-order valence-electron chi connectivity index (χ0n) is 14.5. The molecule has 6 heteroatoms. The van der Waals surface area contributed by atoms with Gasteiger partial charge in [0, 0.05) is 29.4 Å². The predicted octanol–water partition coefficient (Wildman–Crippen LogP) is 3.22. The number of nitrogens with zero attached hydrogens (tertiary/aromatic N) is 1. The summed E-state index contributed by atoms with van der Waals surface area (Å²) >= 11 is 1.83. The molecule has 0 spiro atoms. The van der Waals surface area contributed by atoms with E-state index in [1.54, 1.807) is 0 Å². The van der Waals surface area contributed by atoms with E-state index in [0.717, 1.165) is 32.8 Å². The monoisotopic (exact) mass is 335 g/mol. The molecule has 1 aromatic heterocycles. The Morgan fingerprint density at radius 2 is 1.78 bits per heavy atom. The lowest BCUT2D eigenvalue weighted by Gasteiger charge is -2.32. The molecular weight excluding hydrogens is 309 g/mol. The molecule has 3 rings (SSSR count). The van der Waals surface area contributed by atoms with Crippen molar-refractivity contribution < 1.29 is 14.0 Å². The first-order valence-corrected chi connectivity index (χ1v) is 9.10. The number of thiophene rings is 1. The highest BCUT2D eigenvalue weighted by Gasteiger charge is 2.49. The van der Waals surface area contributed by atoms with E-state index in [9.17, 15) is 0 Å². The van der Waals surface area contributed by atoms with Gasteiger partial charge >= 0.3 is 7.12 Å². The third-order valence-corrected chi connectivity index (χ3v) is 5.89. The van der Waals surface area contributed by atoms with Crippen LogP contribution in [0.25, 0.3) is 6.08 Å². The van der Waals surface area contributed by atoms with E-state index in [4.69, 9.17) is 14.0 Å². The Bertz CT molecular complexity index is 548. The van der Waals surface area contributed by atoms with Crippen LogP contribution in [-0.4, -0.2) is 49.5 Å². The van der Waals surface area contributed by atoms with Gasteiger partial charge in [-0.15, -0.1) is 11.3 Å². The molecule has 3 heterocycles. The highest BCUT2D eigenvalue weighted by molar-refractivity contribution is 7.12. The van der Waals surface area contributed by atoms with Gasteiger partial charge in [-0.05, 0) is 39.8 Å². The molecular formula is C17H26BNO3S. The molecule has 4 nitrogen and oxygen atoms in total. The second kappa shape index (κ2) is 6.69. The van der Waals surface area contributed by atoms with E-state index < -0.39 is 0 Å². The highest BCUT2D eigenvalue weighted by atomic mass is 32.1. The summed E-state index contributed by atoms with van der Waals surface area (Å²) in [5.74, 6) is 2.01. The number of rotatable bonds is 4. The molecule has 0 unspecified atom stereocenters. The van der Waals surface area contributed by atoms with E-state index in [2.05, 4.69) is 50.8 Å². The molecule has 0 atom stereocenters. The minimum atomic E-state index is -0.279. The van der Waals surface area contributed by atoms with Crippen LogP contribution in [0.3, 0.4) is 0 Å². The lowest BCUT2D eigenvalue weighted by molar-refractivity contribution is 0.00578. The Morgan fingerprint density at radius 1 is 1.13 bits per heavy atom. The molecule has 0 aliphatic carbocycles. The Labute approximate surface area is 143 Å². The first-order valence-electron chi connectivity index (χ1n) is 8.28. The van der Waals surface area contributed by atoms with Gasteiger partial charge in [-0.1, -0.05) is 12.1 Å². The maximum absolute atomic E-state index is 5.99. The minimum Gasteiger partial charge on any atom is -0.400 e. The fourth-order valence-electron chi connectivity index (χ4n) is 2.69. The van der Waals surface area contributed by atoms with Gasteiger partial charge in [0.1, 0.15) is 0 Å². The summed E-state index contributed by atoms with van der Waals surface area (Å²) in [4.78, 5) is 5.07. The van der Waals surface area contributed by atoms with Crippen molar-refractivity contribution in [1.29, 1.82) is 0 Å². The first kappa shape index (κ1) is 17.2. The van der Waals surface area contributed by atoms with Crippen molar-refractivity contribution in [2.24, 2.45) is 0 Å². The summed E-state index contributed by atoms with van der Waals surface area (Å²) in [6, 6.07) is 4.38. The molecule has 23 heavy (non-hydrogen) atoms. The average molecular weight is 335 g/mol. The lowest BCUT2D eigenvalue weighted by Crippen LogP contribution is -2.41. The molecule has 0 amide bonds. The third kappa shape index (κ3) is 4.06. The Balaban J connectivity index is 1.56. The number of ether oxygens (including phenoxy) is 1. The topological polar surface area (TPSA) is 30.9 Å². The predicted molar refractivity (Wildman–Crippen MR) is 95.5 cm³/mol. The Kier molecular flexibility index (Phi) is 5.00. The van der Waals surface area contributed by atoms with Crippen molar-refractivity contribution in [2.75, 3.05) is 26.3 Å². The highest BCUT2D eigenvalue weighted by Crippen LogP contribution is 2.37. The average Bonchev–Trinajstić information content (AvgIpc) is 3.00. The molecule has 0 saturated carbocycles. The van der Waals surface area contributed by atoms with Crippen molar-refractivity contribution in [3.8, 4) is 0 Å². The number of morpholine rings is 1. The van der Waals surface area contributed by atoms with Crippen LogP contribution >= 0.6 is 11.3 Å². The molecule has 2 saturated heterocycles. The summed E-state index contributed by atoms with van der Waals surface area (Å²) in [5, 5.41) is 0. The van der Waals surface area contributed by atoms with Gasteiger partial charge in [0.15, 0.2) is 0 Å². The van der Waals surface area contributed by atoms with Crippen molar-refractivity contribution in [3.05, 3.63) is 27.9 Å². The number of hydrogen-bond acceptors (Lipinski definition) is 5. The molecule has 2 fully saturated rings. The van der Waals surface area contributed by atoms with Gasteiger partial charge < -0.3 is 14.0 Å². The largest absolute Gasteiger partial charge is 0.487 e. The summed E-state index contributed by atoms with van der Waals surface area (Å²) in [6.45, 7) is 13.1. The van der Waals surface area contributed by atoms with Crippen LogP contribution in [0.1, 0.15) is 37.4 Å². The molecule has 1 aromatic rings. The minimum absolute atomic E-state index is 0.273. The van der Waals surface area contributed by atoms with E-state index in [1.165, 1.54) is 9.75 Å². The summed E-state index contributed by atoms with van der Waals surface area (Å²) in [7, 11) is -0.273. The molecule has 2 aliphatic rings. The van der Waals surface area contributed by atoms with E-state index >= 15 is 0 Å². The zero-order chi connectivity index (χ0) is 16.5. The molecule has 0 radical (unpaired) electrons. The standard InChI is InChI=1S/C17H26BNO3S/c1-16(2)17(3,4)22-18(21-16)8-7-14-5-6-15(23-14)13-19-9-11-20-12-10-19/h5-8H,9-13H2,1-4H3. The van der Waals surface area contributed by atoms with Gasteiger partial charge in [0.25, 0.3) is 0 Å². The zero-order valence-corrected chi connectivity index (χ0v) is 15.3. The summed E-state index contributed by atoms with van der Waals surface area (Å²) in [5.41, 5.74) is -0.558. The van der Waals surface area contributed by atoms with Crippen LogP contribution in [0.5, 0.6) is 0 Å². The molecule has 0 N–H and O–H groups in total. The van der Waals surface area contributed by atoms with Crippen LogP contribution in [0.2, 0.25) is 0 Å². The normalized spacial score (nSPS) is 24.6. The van der Waals surface area contributed by atoms with E-state index in [0.29, 0.717) is 0 Å². The Hall–Kier alpha value is -0.655. The van der Waals surface area contributed by atoms with Gasteiger partial charge in [-0.2, -0.15) is 0 Å². The lowest BCUT2D eigenvalue weighted by atomic mass is 9.90. The second-order valence-electron chi connectivity index (χ2n) is 7.18. The molecule has 0 bridgehead atoms. The van der Waals surface area contributed by atoms with Crippen LogP contribution in [0, 0.1) is 0 Å². The van der Waals surface area contributed by atoms with Gasteiger partial charge in [-0.3, -0.25) is 4.90 Å². The first-order chi connectivity index (χ1) is 10.9. The second-order valence-corrected chi connectivity index (χ2v) is 8.38. The van der Waals surface area contributed by atoms with Gasteiger partial charge in [0.05, 0.1) is 24.4 Å². The SMILES string of the molecule is CC1(C)OB(C=Cc2ccc(CN3CCOCC3)s2)OC1(C)C. The van der Waals surface area contributed by atoms with Crippen LogP contribution in [0.4, 0.5) is 0 Å². The van der Waals surface area contributed by atoms with Crippen molar-refractivity contribution >= 4 is 24.5 Å². The number of hydrogen-bond donors (Lipinski definition) is 0. The van der Waals surface area contributed by atoms with Crippen LogP contribution in [-0.2, 0) is 20.6 Å². The summed E-state index contributed by atoms with van der Waals surface area (Å²) in [6.07, 6.45) is 2.11. The van der Waals surface area contributed by atoms with Crippen molar-refractivity contribution in [1.82, 2.24) is 4.90 Å². The maximum Gasteiger partial charge on any atom is 0.487 e. The maximum atomic E-state index is 5.99. The van der Waals surface area contributed by atoms with E-state index in [1.807, 2.05) is 17.3 Å². The molecule has 126 valence electrons. The fourth-order valence-corrected chi connectivity index (χ4v) is 3.66. The Morgan fingerprint density at radius 3 is 2.43 bits per heavy atom.